The summed E-state index contributed by atoms with van der Waals surface area (Å²) in [6, 6.07) is 15.7. The number of aryl methyl sites for hydroxylation is 1. The van der Waals surface area contributed by atoms with Crippen molar-refractivity contribution in [2.24, 2.45) is 0 Å². The van der Waals surface area contributed by atoms with Gasteiger partial charge in [-0.1, -0.05) is 31.2 Å². The lowest BCUT2D eigenvalue weighted by molar-refractivity contribution is 0.159. The molecule has 0 saturated carbocycles. The van der Waals surface area contributed by atoms with Crippen molar-refractivity contribution in [3.63, 3.8) is 0 Å². The number of para-hydroxylation sites is 4. The van der Waals surface area contributed by atoms with Crippen LogP contribution >= 0.6 is 0 Å². The van der Waals surface area contributed by atoms with Gasteiger partial charge in [0, 0.05) is 6.54 Å². The summed E-state index contributed by atoms with van der Waals surface area (Å²) < 4.78 is 13.3. The molecule has 0 radical (unpaired) electrons. The molecule has 138 valence electrons. The fourth-order valence-corrected chi connectivity index (χ4v) is 3.06. The Labute approximate surface area is 154 Å². The molecule has 0 aliphatic rings. The van der Waals surface area contributed by atoms with Gasteiger partial charge in [0.1, 0.15) is 11.9 Å². The number of methoxy groups -OCH3 is 1. The van der Waals surface area contributed by atoms with Gasteiger partial charge >= 0.3 is 0 Å². The highest BCUT2D eigenvalue weighted by Crippen LogP contribution is 2.26. The third-order valence-corrected chi connectivity index (χ3v) is 4.47. The molecule has 0 unspecified atom stereocenters. The quantitative estimate of drug-likeness (QED) is 0.581. The van der Waals surface area contributed by atoms with E-state index in [9.17, 15) is 5.11 Å². The van der Waals surface area contributed by atoms with Gasteiger partial charge in [0.25, 0.3) is 0 Å². The number of benzene rings is 2. The minimum absolute atomic E-state index is 0.535. The van der Waals surface area contributed by atoms with E-state index in [1.165, 1.54) is 0 Å². The van der Waals surface area contributed by atoms with Crippen LogP contribution in [0, 0.1) is 0 Å². The van der Waals surface area contributed by atoms with Gasteiger partial charge in [-0.25, -0.2) is 4.98 Å². The van der Waals surface area contributed by atoms with Crippen molar-refractivity contribution in [3.05, 3.63) is 54.4 Å². The Morgan fingerprint density at radius 2 is 1.77 bits per heavy atom. The molecule has 0 aliphatic heterocycles. The number of imidazole rings is 1. The molecule has 1 aromatic heterocycles. The fraction of sp³-hybridized carbons (Fsp3) is 0.381. The zero-order chi connectivity index (χ0) is 18.4. The average molecular weight is 354 g/mol. The van der Waals surface area contributed by atoms with Gasteiger partial charge in [-0.2, -0.15) is 0 Å². The normalized spacial score (nSPS) is 12.3. The Kier molecular flexibility index (Phi) is 6.12. The molecule has 1 N–H and O–H groups in total. The highest BCUT2D eigenvalue weighted by Gasteiger charge is 2.16. The molecule has 26 heavy (non-hydrogen) atoms. The predicted molar refractivity (Wildman–Crippen MR) is 103 cm³/mol. The standard InChI is InChI=1S/C21H26N2O3/c1-3-18(24)21-22-16-10-4-5-11-17(16)23(21)14-8-9-15-26-20-13-7-6-12-19(20)25-2/h4-7,10-13,18,24H,3,8-9,14-15H2,1-2H3/t18-/m1/s1. The van der Waals surface area contributed by atoms with Gasteiger partial charge in [0.15, 0.2) is 11.5 Å². The molecule has 0 spiro atoms. The third-order valence-electron chi connectivity index (χ3n) is 4.47. The number of hydrogen-bond acceptors (Lipinski definition) is 4. The zero-order valence-corrected chi connectivity index (χ0v) is 15.4. The first-order valence-electron chi connectivity index (χ1n) is 9.13. The number of rotatable bonds is 9. The van der Waals surface area contributed by atoms with Crippen LogP contribution in [0.1, 0.15) is 38.1 Å². The number of aromatic nitrogens is 2. The Morgan fingerprint density at radius 3 is 2.54 bits per heavy atom. The highest BCUT2D eigenvalue weighted by molar-refractivity contribution is 5.76. The fourth-order valence-electron chi connectivity index (χ4n) is 3.06. The van der Waals surface area contributed by atoms with Crippen LogP contribution in [0.4, 0.5) is 0 Å². The molecule has 0 amide bonds. The number of aliphatic hydroxyl groups excluding tert-OH is 1. The average Bonchev–Trinajstić information content (AvgIpc) is 3.06. The lowest BCUT2D eigenvalue weighted by Gasteiger charge is -2.13. The van der Waals surface area contributed by atoms with Gasteiger partial charge in [-0.15, -0.1) is 0 Å². The van der Waals surface area contributed by atoms with Gasteiger partial charge in [-0.3, -0.25) is 0 Å². The predicted octanol–water partition coefficient (Wildman–Crippen LogP) is 4.35. The summed E-state index contributed by atoms with van der Waals surface area (Å²) >= 11 is 0. The first-order chi connectivity index (χ1) is 12.7. The van der Waals surface area contributed by atoms with E-state index in [1.54, 1.807) is 7.11 Å². The van der Waals surface area contributed by atoms with E-state index in [0.717, 1.165) is 47.7 Å². The number of hydrogen-bond donors (Lipinski definition) is 1. The van der Waals surface area contributed by atoms with Gasteiger partial charge in [0.2, 0.25) is 0 Å². The maximum absolute atomic E-state index is 10.3. The topological polar surface area (TPSA) is 56.5 Å². The van der Waals surface area contributed by atoms with E-state index in [0.29, 0.717) is 13.0 Å². The molecule has 3 rings (SSSR count). The monoisotopic (exact) mass is 354 g/mol. The van der Waals surface area contributed by atoms with E-state index in [1.807, 2.05) is 49.4 Å². The van der Waals surface area contributed by atoms with Crippen LogP contribution in [-0.4, -0.2) is 28.4 Å². The van der Waals surface area contributed by atoms with Crippen LogP contribution in [0.2, 0.25) is 0 Å². The van der Waals surface area contributed by atoms with Gasteiger partial charge in [0.05, 0.1) is 24.8 Å². The Bertz CT molecular complexity index is 844. The lowest BCUT2D eigenvalue weighted by atomic mass is 10.2. The lowest BCUT2D eigenvalue weighted by Crippen LogP contribution is -2.09. The number of unbranched alkanes of at least 4 members (excludes halogenated alkanes) is 1. The van der Waals surface area contributed by atoms with Crippen LogP contribution in [0.3, 0.4) is 0 Å². The van der Waals surface area contributed by atoms with Crippen molar-refractivity contribution in [1.82, 2.24) is 9.55 Å². The minimum atomic E-state index is -0.535. The number of aliphatic hydroxyl groups is 1. The van der Waals surface area contributed by atoms with Crippen molar-refractivity contribution >= 4 is 11.0 Å². The minimum Gasteiger partial charge on any atom is -0.493 e. The SMILES string of the molecule is CC[C@@H](O)c1nc2ccccc2n1CCCCOc1ccccc1OC. The smallest absolute Gasteiger partial charge is 0.161 e. The zero-order valence-electron chi connectivity index (χ0n) is 15.4. The summed E-state index contributed by atoms with van der Waals surface area (Å²) in [4.78, 5) is 4.62. The Balaban J connectivity index is 1.61. The number of ether oxygens (including phenoxy) is 2. The molecule has 3 aromatic rings. The second-order valence-electron chi connectivity index (χ2n) is 6.24. The van der Waals surface area contributed by atoms with Gasteiger partial charge < -0.3 is 19.1 Å². The van der Waals surface area contributed by atoms with Crippen molar-refractivity contribution in [1.29, 1.82) is 0 Å². The summed E-state index contributed by atoms with van der Waals surface area (Å²) in [7, 11) is 1.65. The van der Waals surface area contributed by atoms with Crippen LogP contribution in [0.15, 0.2) is 48.5 Å². The maximum atomic E-state index is 10.3. The van der Waals surface area contributed by atoms with Gasteiger partial charge in [-0.05, 0) is 43.5 Å². The summed E-state index contributed by atoms with van der Waals surface area (Å²) in [6.07, 6.45) is 1.97. The largest absolute Gasteiger partial charge is 0.493 e. The van der Waals surface area contributed by atoms with Crippen LogP contribution < -0.4 is 9.47 Å². The Hall–Kier alpha value is -2.53. The molecular weight excluding hydrogens is 328 g/mol. The first-order valence-corrected chi connectivity index (χ1v) is 9.13. The molecule has 5 heteroatoms. The molecule has 0 fully saturated rings. The molecule has 2 aromatic carbocycles. The Morgan fingerprint density at radius 1 is 1.04 bits per heavy atom. The summed E-state index contributed by atoms with van der Waals surface area (Å²) in [6.45, 7) is 3.40. The van der Waals surface area contributed by atoms with Crippen molar-refractivity contribution < 1.29 is 14.6 Å². The summed E-state index contributed by atoms with van der Waals surface area (Å²) in [5.41, 5.74) is 2.00. The molecule has 5 nitrogen and oxygen atoms in total. The van der Waals surface area contributed by atoms with Crippen molar-refractivity contribution in [2.75, 3.05) is 13.7 Å². The molecule has 1 atom stereocenters. The molecule has 0 saturated heterocycles. The molecule has 0 bridgehead atoms. The third kappa shape index (κ3) is 3.99. The van der Waals surface area contributed by atoms with Crippen LogP contribution in [-0.2, 0) is 6.54 Å². The van der Waals surface area contributed by atoms with E-state index in [4.69, 9.17) is 9.47 Å². The molecule has 0 aliphatic carbocycles. The molecule has 1 heterocycles. The van der Waals surface area contributed by atoms with Crippen LogP contribution in [0.25, 0.3) is 11.0 Å². The van der Waals surface area contributed by atoms with Crippen molar-refractivity contribution in [2.45, 2.75) is 38.8 Å². The van der Waals surface area contributed by atoms with E-state index in [-0.39, 0.29) is 0 Å². The number of nitrogens with zero attached hydrogens (tertiary/aromatic N) is 2. The van der Waals surface area contributed by atoms with E-state index < -0.39 is 6.10 Å². The maximum Gasteiger partial charge on any atom is 0.161 e. The highest BCUT2D eigenvalue weighted by atomic mass is 16.5. The summed E-state index contributed by atoms with van der Waals surface area (Å²) in [5, 5.41) is 10.3. The van der Waals surface area contributed by atoms with E-state index >= 15 is 0 Å². The molecular formula is C21H26N2O3. The summed E-state index contributed by atoms with van der Waals surface area (Å²) in [5.74, 6) is 2.27. The second kappa shape index (κ2) is 8.72. The number of fused-ring (bicyclic) bond motifs is 1. The van der Waals surface area contributed by atoms with Crippen LogP contribution in [0.5, 0.6) is 11.5 Å². The second-order valence-corrected chi connectivity index (χ2v) is 6.24. The van der Waals surface area contributed by atoms with Crippen molar-refractivity contribution in [3.8, 4) is 11.5 Å². The van der Waals surface area contributed by atoms with E-state index in [2.05, 4.69) is 15.6 Å². The first kappa shape index (κ1) is 18.3.